The van der Waals surface area contributed by atoms with Crippen molar-refractivity contribution in [3.05, 3.63) is 58.9 Å². The van der Waals surface area contributed by atoms with E-state index in [0.717, 1.165) is 16.9 Å². The lowest BCUT2D eigenvalue weighted by atomic mass is 10.0. The van der Waals surface area contributed by atoms with Crippen LogP contribution in [0.3, 0.4) is 0 Å². The second-order valence-electron chi connectivity index (χ2n) is 6.75. The van der Waals surface area contributed by atoms with Crippen molar-refractivity contribution in [1.29, 1.82) is 0 Å². The van der Waals surface area contributed by atoms with Crippen LogP contribution in [-0.2, 0) is 13.7 Å². The molecule has 2 aromatic carbocycles. The number of hydrogen-bond acceptors (Lipinski definition) is 7. The minimum Gasteiger partial charge on any atom is -0.496 e. The smallest absolute Gasteiger partial charge is 0.191 e. The monoisotopic (exact) mass is 427 g/mol. The van der Waals surface area contributed by atoms with Gasteiger partial charge in [0.25, 0.3) is 0 Å². The molecule has 0 aliphatic heterocycles. The summed E-state index contributed by atoms with van der Waals surface area (Å²) in [6.45, 7) is 4.09. The van der Waals surface area contributed by atoms with Gasteiger partial charge in [0.1, 0.15) is 12.4 Å². The molecule has 0 amide bonds. The highest BCUT2D eigenvalue weighted by atomic mass is 32.2. The number of methoxy groups -OCH3 is 2. The van der Waals surface area contributed by atoms with Gasteiger partial charge in [-0.2, -0.15) is 0 Å². The van der Waals surface area contributed by atoms with Crippen LogP contribution in [0.4, 0.5) is 0 Å². The van der Waals surface area contributed by atoms with Gasteiger partial charge in [-0.05, 0) is 49.2 Å². The third-order valence-corrected chi connectivity index (χ3v) is 5.75. The molecule has 30 heavy (non-hydrogen) atoms. The van der Waals surface area contributed by atoms with E-state index in [0.29, 0.717) is 28.0 Å². The summed E-state index contributed by atoms with van der Waals surface area (Å²) in [5, 5.41) is 9.04. The molecular weight excluding hydrogens is 402 g/mol. The number of ketones is 1. The maximum atomic E-state index is 12.7. The van der Waals surface area contributed by atoms with Crippen molar-refractivity contribution in [2.45, 2.75) is 25.6 Å². The minimum absolute atomic E-state index is 0.0399. The van der Waals surface area contributed by atoms with E-state index in [1.165, 1.54) is 11.8 Å². The van der Waals surface area contributed by atoms with E-state index < -0.39 is 0 Å². The molecule has 8 heteroatoms. The number of aryl methyl sites for hydroxylation is 2. The Balaban J connectivity index is 1.64. The van der Waals surface area contributed by atoms with Gasteiger partial charge in [-0.1, -0.05) is 23.9 Å². The summed E-state index contributed by atoms with van der Waals surface area (Å²) in [4.78, 5) is 12.7. The zero-order valence-electron chi connectivity index (χ0n) is 17.8. The Morgan fingerprint density at radius 2 is 1.70 bits per heavy atom. The lowest BCUT2D eigenvalue weighted by Crippen LogP contribution is -2.08. The summed E-state index contributed by atoms with van der Waals surface area (Å²) in [7, 11) is 5.08. The van der Waals surface area contributed by atoms with Crippen molar-refractivity contribution in [1.82, 2.24) is 14.8 Å². The molecule has 158 valence electrons. The van der Waals surface area contributed by atoms with Crippen LogP contribution in [0.25, 0.3) is 0 Å². The minimum atomic E-state index is 0.0399. The summed E-state index contributed by atoms with van der Waals surface area (Å²) in [5.74, 6) is 3.05. The number of hydrogen-bond donors (Lipinski definition) is 0. The van der Waals surface area contributed by atoms with Crippen LogP contribution < -0.4 is 14.2 Å². The maximum Gasteiger partial charge on any atom is 0.191 e. The van der Waals surface area contributed by atoms with Crippen LogP contribution in [0, 0.1) is 13.8 Å². The van der Waals surface area contributed by atoms with Crippen molar-refractivity contribution in [2.75, 3.05) is 20.0 Å². The summed E-state index contributed by atoms with van der Waals surface area (Å²) >= 11 is 1.35. The highest BCUT2D eigenvalue weighted by Gasteiger charge is 2.16. The van der Waals surface area contributed by atoms with Crippen molar-refractivity contribution < 1.29 is 19.0 Å². The molecule has 0 unspecified atom stereocenters. The number of carbonyl (C=O) groups excluding carboxylic acids is 1. The largest absolute Gasteiger partial charge is 0.496 e. The molecule has 3 rings (SSSR count). The van der Waals surface area contributed by atoms with E-state index in [-0.39, 0.29) is 18.1 Å². The molecule has 0 saturated carbocycles. The van der Waals surface area contributed by atoms with E-state index in [2.05, 4.69) is 10.2 Å². The van der Waals surface area contributed by atoms with Gasteiger partial charge in [0, 0.05) is 12.6 Å². The molecule has 1 aromatic heterocycles. The van der Waals surface area contributed by atoms with Gasteiger partial charge in [0.05, 0.1) is 20.0 Å². The quantitative estimate of drug-likeness (QED) is 0.377. The van der Waals surface area contributed by atoms with Crippen LogP contribution >= 0.6 is 11.8 Å². The Hall–Kier alpha value is -3.00. The number of ether oxygens (including phenoxy) is 3. The SMILES string of the molecule is COc1cc(C)c(C(=O)CSc2nnc(COc3ccccc3OC)n2C)cc1C. The van der Waals surface area contributed by atoms with Gasteiger partial charge in [-0.3, -0.25) is 4.79 Å². The van der Waals surface area contributed by atoms with Gasteiger partial charge < -0.3 is 18.8 Å². The molecule has 0 bridgehead atoms. The zero-order valence-corrected chi connectivity index (χ0v) is 18.6. The fourth-order valence-electron chi connectivity index (χ4n) is 2.99. The third kappa shape index (κ3) is 4.76. The number of carbonyl (C=O) groups is 1. The molecule has 0 spiro atoms. The number of Topliss-reactive ketones (excluding diaryl/α,β-unsaturated/α-hetero) is 1. The Kier molecular flexibility index (Phi) is 6.99. The second-order valence-corrected chi connectivity index (χ2v) is 7.69. The first-order valence-corrected chi connectivity index (χ1v) is 10.4. The molecule has 0 N–H and O–H groups in total. The van der Waals surface area contributed by atoms with E-state index in [9.17, 15) is 4.79 Å². The van der Waals surface area contributed by atoms with Gasteiger partial charge in [-0.15, -0.1) is 10.2 Å². The van der Waals surface area contributed by atoms with Gasteiger partial charge >= 0.3 is 0 Å². The zero-order chi connectivity index (χ0) is 21.7. The van der Waals surface area contributed by atoms with Crippen LogP contribution in [0.5, 0.6) is 17.2 Å². The lowest BCUT2D eigenvalue weighted by molar-refractivity contribution is 0.102. The first-order chi connectivity index (χ1) is 14.4. The van der Waals surface area contributed by atoms with Crippen LogP contribution in [-0.4, -0.2) is 40.5 Å². The maximum absolute atomic E-state index is 12.7. The predicted molar refractivity (Wildman–Crippen MR) is 116 cm³/mol. The highest BCUT2D eigenvalue weighted by Crippen LogP contribution is 2.27. The molecule has 0 saturated heterocycles. The van der Waals surface area contributed by atoms with Crippen molar-refractivity contribution in [3.8, 4) is 17.2 Å². The van der Waals surface area contributed by atoms with Gasteiger partial charge in [-0.25, -0.2) is 0 Å². The van der Waals surface area contributed by atoms with E-state index in [1.807, 2.05) is 61.9 Å². The molecule has 0 radical (unpaired) electrons. The fourth-order valence-corrected chi connectivity index (χ4v) is 3.81. The third-order valence-electron chi connectivity index (χ3n) is 4.73. The molecule has 3 aromatic rings. The lowest BCUT2D eigenvalue weighted by Gasteiger charge is -2.11. The van der Waals surface area contributed by atoms with Gasteiger partial charge in [0.2, 0.25) is 0 Å². The number of nitrogens with zero attached hydrogens (tertiary/aromatic N) is 3. The van der Waals surface area contributed by atoms with E-state index in [1.54, 1.807) is 14.2 Å². The fraction of sp³-hybridized carbons (Fsp3) is 0.318. The molecule has 0 aliphatic rings. The first-order valence-electron chi connectivity index (χ1n) is 9.40. The Labute approximate surface area is 180 Å². The Morgan fingerprint density at radius 3 is 2.40 bits per heavy atom. The van der Waals surface area contributed by atoms with Crippen molar-refractivity contribution >= 4 is 17.5 Å². The summed E-state index contributed by atoms with van der Waals surface area (Å²) < 4.78 is 18.3. The second kappa shape index (κ2) is 9.67. The Bertz CT molecular complexity index is 1050. The average Bonchev–Trinajstić information content (AvgIpc) is 3.11. The topological polar surface area (TPSA) is 75.5 Å². The first kappa shape index (κ1) is 21.7. The van der Waals surface area contributed by atoms with Crippen LogP contribution in [0.2, 0.25) is 0 Å². The summed E-state index contributed by atoms with van der Waals surface area (Å²) in [5.41, 5.74) is 2.53. The summed E-state index contributed by atoms with van der Waals surface area (Å²) in [6, 6.07) is 11.2. The van der Waals surface area contributed by atoms with E-state index >= 15 is 0 Å². The molecule has 1 heterocycles. The standard InChI is InChI=1S/C22H25N3O4S/c1-14-11-20(28-5)15(2)10-16(14)17(26)13-30-22-24-23-21(25(22)3)12-29-19-9-7-6-8-18(19)27-4/h6-11H,12-13H2,1-5H3. The molecule has 7 nitrogen and oxygen atoms in total. The summed E-state index contributed by atoms with van der Waals surface area (Å²) in [6.07, 6.45) is 0. The molecule has 0 atom stereocenters. The number of thioether (sulfide) groups is 1. The van der Waals surface area contributed by atoms with Crippen molar-refractivity contribution in [2.24, 2.45) is 7.05 Å². The van der Waals surface area contributed by atoms with Gasteiger partial charge in [0.15, 0.2) is 28.3 Å². The molecule has 0 fully saturated rings. The predicted octanol–water partition coefficient (Wildman–Crippen LogP) is 4.00. The highest BCUT2D eigenvalue weighted by molar-refractivity contribution is 7.99. The van der Waals surface area contributed by atoms with Crippen LogP contribution in [0.1, 0.15) is 27.3 Å². The number of rotatable bonds is 9. The molecular formula is C22H25N3O4S. The molecule has 0 aliphatic carbocycles. The average molecular weight is 428 g/mol. The number of benzene rings is 2. The Morgan fingerprint density at radius 1 is 1.00 bits per heavy atom. The normalized spacial score (nSPS) is 10.7. The van der Waals surface area contributed by atoms with E-state index in [4.69, 9.17) is 14.2 Å². The van der Waals surface area contributed by atoms with Crippen molar-refractivity contribution in [3.63, 3.8) is 0 Å². The number of aromatic nitrogens is 3. The number of para-hydroxylation sites is 2. The van der Waals surface area contributed by atoms with Crippen LogP contribution in [0.15, 0.2) is 41.6 Å².